The van der Waals surface area contributed by atoms with Crippen molar-refractivity contribution in [1.82, 2.24) is 0 Å². The van der Waals surface area contributed by atoms with Crippen molar-refractivity contribution < 1.29 is 22.7 Å². The quantitative estimate of drug-likeness (QED) is 0.243. The molecule has 0 saturated carbocycles. The molecule has 0 fully saturated rings. The molecular formula is C29H24F3NO2S. The first-order valence-electron chi connectivity index (χ1n) is 11.4. The molecule has 0 aliphatic carbocycles. The van der Waals surface area contributed by atoms with Crippen molar-refractivity contribution in [2.24, 2.45) is 0 Å². The predicted molar refractivity (Wildman–Crippen MR) is 139 cm³/mol. The van der Waals surface area contributed by atoms with Gasteiger partial charge >= 0.3 is 6.18 Å². The molecule has 0 atom stereocenters. The number of amides is 1. The van der Waals surface area contributed by atoms with Crippen LogP contribution in [0.25, 0.3) is 11.1 Å². The summed E-state index contributed by atoms with van der Waals surface area (Å²) < 4.78 is 45.5. The molecule has 0 aliphatic rings. The maximum Gasteiger partial charge on any atom is 0.416 e. The highest BCUT2D eigenvalue weighted by Crippen LogP contribution is 2.37. The van der Waals surface area contributed by atoms with Crippen molar-refractivity contribution in [2.75, 3.05) is 11.1 Å². The van der Waals surface area contributed by atoms with E-state index in [0.717, 1.165) is 33.9 Å². The van der Waals surface area contributed by atoms with Gasteiger partial charge in [-0.15, -0.1) is 11.8 Å². The number of rotatable bonds is 8. The minimum absolute atomic E-state index is 0.0514. The Balaban J connectivity index is 1.58. The third-order valence-corrected chi connectivity index (χ3v) is 6.23. The van der Waals surface area contributed by atoms with Gasteiger partial charge in [0.05, 0.1) is 12.0 Å². The van der Waals surface area contributed by atoms with Crippen LogP contribution in [0.15, 0.2) is 102 Å². The smallest absolute Gasteiger partial charge is 0.416 e. The lowest BCUT2D eigenvalue weighted by atomic mass is 10.0. The topological polar surface area (TPSA) is 38.3 Å². The number of anilines is 1. The van der Waals surface area contributed by atoms with E-state index < -0.39 is 11.7 Å². The summed E-state index contributed by atoms with van der Waals surface area (Å²) >= 11 is 1.73. The van der Waals surface area contributed by atoms with Gasteiger partial charge in [-0.3, -0.25) is 4.79 Å². The van der Waals surface area contributed by atoms with Crippen molar-refractivity contribution in [3.8, 4) is 22.6 Å². The average Bonchev–Trinajstić information content (AvgIpc) is 2.86. The van der Waals surface area contributed by atoms with Gasteiger partial charge < -0.3 is 10.1 Å². The Hall–Kier alpha value is -3.71. The highest BCUT2D eigenvalue weighted by atomic mass is 32.2. The van der Waals surface area contributed by atoms with Crippen LogP contribution in [0.1, 0.15) is 18.1 Å². The number of carbonyl (C=O) groups excluding carboxylic acids is 1. The fourth-order valence-electron chi connectivity index (χ4n) is 3.66. The Morgan fingerprint density at radius 3 is 2.33 bits per heavy atom. The van der Waals surface area contributed by atoms with E-state index in [1.165, 1.54) is 12.1 Å². The zero-order chi connectivity index (χ0) is 25.5. The lowest BCUT2D eigenvalue weighted by Crippen LogP contribution is -2.14. The van der Waals surface area contributed by atoms with Crippen LogP contribution in [0.3, 0.4) is 0 Å². The van der Waals surface area contributed by atoms with Gasteiger partial charge in [-0.25, -0.2) is 0 Å². The molecule has 3 nitrogen and oxygen atoms in total. The largest absolute Gasteiger partial charge is 0.457 e. The molecule has 0 aromatic heterocycles. The molecule has 0 radical (unpaired) electrons. The number of hydrogen-bond acceptors (Lipinski definition) is 3. The molecule has 36 heavy (non-hydrogen) atoms. The van der Waals surface area contributed by atoms with Crippen LogP contribution >= 0.6 is 11.8 Å². The molecule has 4 aromatic carbocycles. The summed E-state index contributed by atoms with van der Waals surface area (Å²) in [5, 5.41) is 2.87. The highest BCUT2D eigenvalue weighted by molar-refractivity contribution is 7.99. The van der Waals surface area contributed by atoms with Gasteiger partial charge in [0.15, 0.2) is 0 Å². The molecule has 1 N–H and O–H groups in total. The monoisotopic (exact) mass is 507 g/mol. The minimum atomic E-state index is -4.48. The van der Waals surface area contributed by atoms with Gasteiger partial charge in [0.25, 0.3) is 0 Å². The summed E-state index contributed by atoms with van der Waals surface area (Å²) in [6.07, 6.45) is -4.29. The molecule has 7 heteroatoms. The van der Waals surface area contributed by atoms with E-state index in [0.29, 0.717) is 17.0 Å². The first kappa shape index (κ1) is 25.4. The normalized spacial score (nSPS) is 11.2. The molecule has 0 aliphatic heterocycles. The number of benzene rings is 4. The van der Waals surface area contributed by atoms with E-state index in [9.17, 15) is 18.0 Å². The third kappa shape index (κ3) is 6.70. The van der Waals surface area contributed by atoms with E-state index in [1.54, 1.807) is 30.0 Å². The van der Waals surface area contributed by atoms with Crippen molar-refractivity contribution in [2.45, 2.75) is 24.4 Å². The second-order valence-electron chi connectivity index (χ2n) is 8.01. The van der Waals surface area contributed by atoms with Crippen LogP contribution in [0.2, 0.25) is 0 Å². The van der Waals surface area contributed by atoms with Crippen LogP contribution in [-0.2, 0) is 17.4 Å². The second kappa shape index (κ2) is 11.4. The second-order valence-corrected chi connectivity index (χ2v) is 9.34. The Labute approximate surface area is 212 Å². The molecule has 4 aromatic rings. The number of nitrogens with one attached hydrogen (secondary N) is 1. The van der Waals surface area contributed by atoms with Gasteiger partial charge in [-0.1, -0.05) is 55.5 Å². The van der Waals surface area contributed by atoms with Crippen LogP contribution in [0.4, 0.5) is 18.9 Å². The molecule has 1 amide bonds. The minimum Gasteiger partial charge on any atom is -0.457 e. The highest BCUT2D eigenvalue weighted by Gasteiger charge is 2.30. The molecule has 0 bridgehead atoms. The summed E-state index contributed by atoms with van der Waals surface area (Å²) in [6, 6.07) is 27.1. The summed E-state index contributed by atoms with van der Waals surface area (Å²) in [5.41, 5.74) is 2.10. The summed E-state index contributed by atoms with van der Waals surface area (Å²) in [4.78, 5) is 13.8. The van der Waals surface area contributed by atoms with Crippen LogP contribution < -0.4 is 10.1 Å². The van der Waals surface area contributed by atoms with Gasteiger partial charge in [0.1, 0.15) is 11.5 Å². The molecule has 0 saturated heterocycles. The van der Waals surface area contributed by atoms with Crippen LogP contribution in [-0.4, -0.2) is 11.7 Å². The lowest BCUT2D eigenvalue weighted by molar-refractivity contribution is -0.137. The average molecular weight is 508 g/mol. The third-order valence-electron chi connectivity index (χ3n) is 5.34. The maximum atomic E-state index is 13.2. The van der Waals surface area contributed by atoms with Crippen LogP contribution in [0.5, 0.6) is 11.5 Å². The number of alkyl halides is 3. The fraction of sp³-hybridized carbons (Fsp3) is 0.138. The number of thioether (sulfide) groups is 1. The van der Waals surface area contributed by atoms with E-state index in [1.807, 2.05) is 54.6 Å². The molecule has 184 valence electrons. The van der Waals surface area contributed by atoms with Crippen molar-refractivity contribution in [3.05, 3.63) is 108 Å². The zero-order valence-electron chi connectivity index (χ0n) is 19.5. The Morgan fingerprint density at radius 1 is 0.889 bits per heavy atom. The number of ether oxygens (including phenoxy) is 1. The SMILES string of the molecule is CCSc1ccc(CC(=O)Nc2ccc(-c3ccccc3)c(Oc3cccc(C(F)(F)F)c3)c2)cc1. The molecular weight excluding hydrogens is 483 g/mol. The number of carbonyl (C=O) groups is 1. The lowest BCUT2D eigenvalue weighted by Gasteiger charge is -2.15. The molecule has 0 heterocycles. The Kier molecular flexibility index (Phi) is 8.00. The first-order chi connectivity index (χ1) is 17.3. The first-order valence-corrected chi connectivity index (χ1v) is 12.4. The van der Waals surface area contributed by atoms with Gasteiger partial charge in [0.2, 0.25) is 5.91 Å². The molecule has 4 rings (SSSR count). The van der Waals surface area contributed by atoms with Crippen LogP contribution in [0, 0.1) is 0 Å². The van der Waals surface area contributed by atoms with E-state index in [-0.39, 0.29) is 18.1 Å². The van der Waals surface area contributed by atoms with Crippen molar-refractivity contribution >= 4 is 23.4 Å². The van der Waals surface area contributed by atoms with Gasteiger partial charge in [-0.2, -0.15) is 13.2 Å². The van der Waals surface area contributed by atoms with Crippen molar-refractivity contribution in [1.29, 1.82) is 0 Å². The van der Waals surface area contributed by atoms with Gasteiger partial charge in [0, 0.05) is 22.2 Å². The predicted octanol–water partition coefficient (Wildman–Crippen LogP) is 8.46. The number of halogens is 3. The van der Waals surface area contributed by atoms with E-state index in [4.69, 9.17) is 4.74 Å². The zero-order valence-corrected chi connectivity index (χ0v) is 20.3. The van der Waals surface area contributed by atoms with E-state index in [2.05, 4.69) is 12.2 Å². The molecule has 0 spiro atoms. The summed E-state index contributed by atoms with van der Waals surface area (Å²) in [6.45, 7) is 2.08. The molecule has 0 unspecified atom stereocenters. The fourth-order valence-corrected chi connectivity index (χ4v) is 4.33. The number of hydrogen-bond donors (Lipinski definition) is 1. The Morgan fingerprint density at radius 2 is 1.64 bits per heavy atom. The maximum absolute atomic E-state index is 13.2. The van der Waals surface area contributed by atoms with E-state index >= 15 is 0 Å². The summed E-state index contributed by atoms with van der Waals surface area (Å²) in [5.74, 6) is 1.15. The van der Waals surface area contributed by atoms with Gasteiger partial charge in [-0.05, 0) is 59.3 Å². The van der Waals surface area contributed by atoms with Crippen molar-refractivity contribution in [3.63, 3.8) is 0 Å². The standard InChI is InChI=1S/C29H24F3NO2S/c1-2-36-25-14-11-20(12-15-25)17-28(34)33-23-13-16-26(21-7-4-3-5-8-21)27(19-23)35-24-10-6-9-22(18-24)29(30,31)32/h3-16,18-19H,2,17H2,1H3,(H,33,34). The Bertz CT molecular complexity index is 1320. The summed E-state index contributed by atoms with van der Waals surface area (Å²) in [7, 11) is 0.